The molecule has 0 fully saturated rings. The molecule has 8 heteroatoms. The van der Waals surface area contributed by atoms with Crippen molar-refractivity contribution in [3.63, 3.8) is 0 Å². The average Bonchev–Trinajstić information content (AvgIpc) is 2.38. The number of halogens is 1. The van der Waals surface area contributed by atoms with E-state index >= 15 is 0 Å². The smallest absolute Gasteiger partial charge is 0.408 e. The van der Waals surface area contributed by atoms with E-state index in [1.165, 1.54) is 6.92 Å². The van der Waals surface area contributed by atoms with Gasteiger partial charge in [-0.3, -0.25) is 9.59 Å². The highest BCUT2D eigenvalue weighted by molar-refractivity contribution is 5.75. The Morgan fingerprint density at radius 1 is 1.08 bits per heavy atom. The summed E-state index contributed by atoms with van der Waals surface area (Å²) in [5.74, 6) is -3.87. The van der Waals surface area contributed by atoms with Gasteiger partial charge >= 0.3 is 18.0 Å². The number of alkyl carbamates (subject to hydrolysis) is 1. The molecule has 0 aromatic carbocycles. The number of carbonyl (C=O) groups is 3. The predicted octanol–water partition coefficient (Wildman–Crippen LogP) is 3.58. The first-order chi connectivity index (χ1) is 11.6. The van der Waals surface area contributed by atoms with E-state index in [4.69, 9.17) is 9.47 Å². The summed E-state index contributed by atoms with van der Waals surface area (Å²) in [4.78, 5) is 34.6. The van der Waals surface area contributed by atoms with Crippen LogP contribution >= 0.6 is 0 Å². The lowest BCUT2D eigenvalue weighted by Crippen LogP contribution is -2.38. The van der Waals surface area contributed by atoms with Crippen LogP contribution in [0.1, 0.15) is 61.3 Å². The first-order valence-corrected chi connectivity index (χ1v) is 8.42. The molecule has 150 valence electrons. The molecule has 0 aliphatic heterocycles. The Labute approximate surface area is 153 Å². The second-order valence-corrected chi connectivity index (χ2v) is 7.99. The number of esters is 1. The van der Waals surface area contributed by atoms with Gasteiger partial charge in [0, 0.05) is 6.42 Å². The summed E-state index contributed by atoms with van der Waals surface area (Å²) in [5.41, 5.74) is -1.41. The monoisotopic (exact) mass is 375 g/mol. The van der Waals surface area contributed by atoms with Crippen molar-refractivity contribution in [2.24, 2.45) is 5.92 Å². The molecule has 0 aromatic rings. The van der Waals surface area contributed by atoms with Gasteiger partial charge in [-0.15, -0.1) is 0 Å². The topological polar surface area (TPSA) is 102 Å². The van der Waals surface area contributed by atoms with Crippen LogP contribution in [0.25, 0.3) is 0 Å². The van der Waals surface area contributed by atoms with Crippen molar-refractivity contribution in [1.29, 1.82) is 0 Å². The van der Waals surface area contributed by atoms with Gasteiger partial charge < -0.3 is 19.9 Å². The normalized spacial score (nSPS) is 15.0. The molecule has 2 N–H and O–H groups in total. The lowest BCUT2D eigenvalue weighted by Gasteiger charge is -2.22. The zero-order valence-electron chi connectivity index (χ0n) is 16.5. The summed E-state index contributed by atoms with van der Waals surface area (Å²) >= 11 is 0. The number of carboxylic acid groups (broad SMARTS) is 1. The zero-order valence-corrected chi connectivity index (χ0v) is 16.5. The Hall–Kier alpha value is -2.12. The van der Waals surface area contributed by atoms with E-state index in [1.807, 2.05) is 0 Å². The number of aliphatic carboxylic acids is 1. The summed E-state index contributed by atoms with van der Waals surface area (Å²) in [6.45, 7) is 11.5. The number of rotatable bonds is 7. The highest BCUT2D eigenvalue weighted by atomic mass is 19.1. The maximum absolute atomic E-state index is 14.2. The minimum atomic E-state index is -1.27. The van der Waals surface area contributed by atoms with Gasteiger partial charge in [0.05, 0.1) is 12.0 Å². The molecule has 7 nitrogen and oxygen atoms in total. The van der Waals surface area contributed by atoms with E-state index in [1.54, 1.807) is 41.5 Å². The van der Waals surface area contributed by atoms with E-state index in [-0.39, 0.29) is 12.8 Å². The van der Waals surface area contributed by atoms with Crippen molar-refractivity contribution < 1.29 is 33.4 Å². The third kappa shape index (κ3) is 11.4. The van der Waals surface area contributed by atoms with Gasteiger partial charge in [-0.2, -0.15) is 0 Å². The molecule has 0 bridgehead atoms. The van der Waals surface area contributed by atoms with Gasteiger partial charge in [0.25, 0.3) is 0 Å². The lowest BCUT2D eigenvalue weighted by molar-refractivity contribution is -0.155. The predicted molar refractivity (Wildman–Crippen MR) is 94.2 cm³/mol. The highest BCUT2D eigenvalue weighted by Crippen LogP contribution is 2.17. The second kappa shape index (κ2) is 9.54. The number of hydrogen-bond donors (Lipinski definition) is 2. The van der Waals surface area contributed by atoms with Crippen LogP contribution in [0.4, 0.5) is 9.18 Å². The van der Waals surface area contributed by atoms with Gasteiger partial charge in [-0.25, -0.2) is 9.18 Å². The minimum absolute atomic E-state index is 0.114. The third-order valence-corrected chi connectivity index (χ3v) is 2.90. The van der Waals surface area contributed by atoms with Crippen molar-refractivity contribution in [3.8, 4) is 0 Å². The number of amides is 1. The highest BCUT2D eigenvalue weighted by Gasteiger charge is 2.24. The van der Waals surface area contributed by atoms with Crippen molar-refractivity contribution in [2.45, 2.75) is 78.6 Å². The molecule has 0 radical (unpaired) electrons. The first-order valence-electron chi connectivity index (χ1n) is 8.42. The summed E-state index contributed by atoms with van der Waals surface area (Å²) in [6.07, 6.45) is -0.202. The van der Waals surface area contributed by atoms with Gasteiger partial charge in [0.1, 0.15) is 17.0 Å². The zero-order chi connectivity index (χ0) is 20.7. The Bertz CT molecular complexity index is 545. The summed E-state index contributed by atoms with van der Waals surface area (Å²) < 4.78 is 24.3. The molecule has 0 aliphatic carbocycles. The number of carboxylic acids is 1. The molecular formula is C18H30FNO6. The van der Waals surface area contributed by atoms with E-state index in [9.17, 15) is 23.9 Å². The Morgan fingerprint density at radius 2 is 1.58 bits per heavy atom. The van der Waals surface area contributed by atoms with Crippen molar-refractivity contribution in [1.82, 2.24) is 5.32 Å². The van der Waals surface area contributed by atoms with E-state index in [2.05, 4.69) is 5.32 Å². The fraction of sp³-hybridized carbons (Fsp3) is 0.722. The number of ether oxygens (including phenoxy) is 2. The van der Waals surface area contributed by atoms with Gasteiger partial charge in [-0.1, -0.05) is 0 Å². The molecule has 0 rings (SSSR count). The maximum atomic E-state index is 14.2. The van der Waals surface area contributed by atoms with Crippen LogP contribution in [0.2, 0.25) is 0 Å². The average molecular weight is 375 g/mol. The van der Waals surface area contributed by atoms with Crippen LogP contribution in [-0.4, -0.2) is 40.4 Å². The van der Waals surface area contributed by atoms with E-state index < -0.39 is 47.0 Å². The number of nitrogens with one attached hydrogen (secondary N) is 1. The quantitative estimate of drug-likeness (QED) is 0.660. The SMILES string of the molecule is CC(NC(=O)OC(C)(C)C)C(F)=CC(CCC(=O)OC(C)(C)C)C(=O)O. The molecule has 0 saturated carbocycles. The molecule has 2 unspecified atom stereocenters. The second-order valence-electron chi connectivity index (χ2n) is 7.99. The minimum Gasteiger partial charge on any atom is -0.481 e. The van der Waals surface area contributed by atoms with Crippen LogP contribution in [0.3, 0.4) is 0 Å². The Morgan fingerprint density at radius 3 is 2.00 bits per heavy atom. The standard InChI is InChI=1S/C18H30FNO6/c1-11(20-16(24)26-18(5,6)7)13(19)10-12(15(22)23)8-9-14(21)25-17(2,3)4/h10-12H,8-9H2,1-7H3,(H,20,24)(H,22,23). The van der Waals surface area contributed by atoms with Crippen LogP contribution in [-0.2, 0) is 19.1 Å². The fourth-order valence-corrected chi connectivity index (χ4v) is 1.83. The lowest BCUT2D eigenvalue weighted by atomic mass is 10.0. The summed E-state index contributed by atoms with van der Waals surface area (Å²) in [5, 5.41) is 11.5. The first kappa shape index (κ1) is 23.9. The number of hydrogen-bond acceptors (Lipinski definition) is 5. The van der Waals surface area contributed by atoms with Crippen LogP contribution in [0.5, 0.6) is 0 Å². The van der Waals surface area contributed by atoms with Crippen molar-refractivity contribution >= 4 is 18.0 Å². The van der Waals surface area contributed by atoms with Crippen LogP contribution < -0.4 is 5.32 Å². The Balaban J connectivity index is 4.81. The molecular weight excluding hydrogens is 345 g/mol. The number of carbonyl (C=O) groups excluding carboxylic acids is 2. The van der Waals surface area contributed by atoms with Crippen molar-refractivity contribution in [2.75, 3.05) is 0 Å². The Kier molecular flexibility index (Phi) is 8.76. The van der Waals surface area contributed by atoms with Crippen LogP contribution in [0, 0.1) is 5.92 Å². The molecule has 0 spiro atoms. The largest absolute Gasteiger partial charge is 0.481 e. The molecule has 26 heavy (non-hydrogen) atoms. The van der Waals surface area contributed by atoms with Gasteiger partial charge in [0.15, 0.2) is 0 Å². The maximum Gasteiger partial charge on any atom is 0.408 e. The summed E-state index contributed by atoms with van der Waals surface area (Å²) in [7, 11) is 0. The fourth-order valence-electron chi connectivity index (χ4n) is 1.83. The molecule has 0 aliphatic rings. The molecule has 0 saturated heterocycles. The van der Waals surface area contributed by atoms with E-state index in [0.29, 0.717) is 0 Å². The van der Waals surface area contributed by atoms with Gasteiger partial charge in [-0.05, 0) is 61.0 Å². The van der Waals surface area contributed by atoms with Gasteiger partial charge in [0.2, 0.25) is 0 Å². The molecule has 1 amide bonds. The summed E-state index contributed by atoms with van der Waals surface area (Å²) in [6, 6.07) is -1.06. The van der Waals surface area contributed by atoms with Crippen LogP contribution in [0.15, 0.2) is 11.9 Å². The van der Waals surface area contributed by atoms with Crippen molar-refractivity contribution in [3.05, 3.63) is 11.9 Å². The third-order valence-electron chi connectivity index (χ3n) is 2.90. The molecule has 2 atom stereocenters. The molecule has 0 heterocycles. The van der Waals surface area contributed by atoms with E-state index in [0.717, 1.165) is 6.08 Å². The molecule has 0 aromatic heterocycles.